The zero-order chi connectivity index (χ0) is 25.1. The Morgan fingerprint density at radius 3 is 2.64 bits per heavy atom. The Bertz CT molecular complexity index is 1250. The molecule has 2 unspecified atom stereocenters. The lowest BCUT2D eigenvalue weighted by Crippen LogP contribution is -2.34. The molecule has 8 nitrogen and oxygen atoms in total. The number of benzene rings is 2. The number of hydrogen-bond donors (Lipinski definition) is 2. The summed E-state index contributed by atoms with van der Waals surface area (Å²) in [7, 11) is 0. The molecule has 3 aromatic rings. The van der Waals surface area contributed by atoms with Crippen LogP contribution in [0.15, 0.2) is 61.2 Å². The van der Waals surface area contributed by atoms with E-state index in [1.165, 1.54) is 6.08 Å². The van der Waals surface area contributed by atoms with Gasteiger partial charge in [0.15, 0.2) is 0 Å². The molecule has 2 amide bonds. The molecule has 8 heteroatoms. The summed E-state index contributed by atoms with van der Waals surface area (Å²) < 4.78 is 2.13. The van der Waals surface area contributed by atoms with E-state index in [0.29, 0.717) is 37.7 Å². The molecule has 1 aromatic heterocycles. The number of para-hydroxylation sites is 1. The van der Waals surface area contributed by atoms with E-state index in [0.717, 1.165) is 48.8 Å². The fraction of sp³-hybridized carbons (Fsp3) is 0.393. The molecule has 0 aliphatic carbocycles. The molecule has 5 rings (SSSR count). The van der Waals surface area contributed by atoms with Crippen LogP contribution in [0.2, 0.25) is 0 Å². The molecule has 0 saturated carbocycles. The predicted molar refractivity (Wildman–Crippen MR) is 140 cm³/mol. The second kappa shape index (κ2) is 10.6. The molecule has 0 spiro atoms. The first kappa shape index (κ1) is 24.2. The first-order valence-electron chi connectivity index (χ1n) is 12.7. The number of imidazole rings is 1. The molecule has 0 radical (unpaired) electrons. The van der Waals surface area contributed by atoms with Crippen molar-refractivity contribution in [1.82, 2.24) is 19.4 Å². The van der Waals surface area contributed by atoms with Gasteiger partial charge in [-0.1, -0.05) is 36.9 Å². The molecule has 2 atom stereocenters. The van der Waals surface area contributed by atoms with Crippen LogP contribution in [0, 0.1) is 0 Å². The Hall–Kier alpha value is -3.49. The van der Waals surface area contributed by atoms with E-state index in [9.17, 15) is 14.7 Å². The third-order valence-corrected chi connectivity index (χ3v) is 7.19. The minimum Gasteiger partial charge on any atom is -0.392 e. The predicted octanol–water partition coefficient (Wildman–Crippen LogP) is 3.59. The number of hydrogen-bond acceptors (Lipinski definition) is 5. The Morgan fingerprint density at radius 2 is 1.89 bits per heavy atom. The standard InChI is InChI=1S/C28H33N5O3/c1-2-25(35)32-15-7-6-12-22(18-32)33-26-21(17-31-16-14-23(34)19-31)11-8-13-24(26)29-28(33)30-27(36)20-9-4-3-5-10-20/h2-5,8-11,13,22-23,34H,1,6-7,12,14-19H2,(H,29,30,36). The molecule has 2 aliphatic rings. The minimum absolute atomic E-state index is 0.0437. The molecule has 2 saturated heterocycles. The van der Waals surface area contributed by atoms with Crippen molar-refractivity contribution >= 4 is 28.8 Å². The lowest BCUT2D eigenvalue weighted by molar-refractivity contribution is -0.126. The maximum absolute atomic E-state index is 13.1. The van der Waals surface area contributed by atoms with Crippen molar-refractivity contribution in [3.05, 3.63) is 72.3 Å². The third kappa shape index (κ3) is 5.05. The van der Waals surface area contributed by atoms with Gasteiger partial charge in [0.25, 0.3) is 5.91 Å². The highest BCUT2D eigenvalue weighted by Crippen LogP contribution is 2.33. The van der Waals surface area contributed by atoms with E-state index in [1.54, 1.807) is 12.1 Å². The fourth-order valence-corrected chi connectivity index (χ4v) is 5.41. The summed E-state index contributed by atoms with van der Waals surface area (Å²) in [4.78, 5) is 34.7. The average molecular weight is 488 g/mol. The lowest BCUT2D eigenvalue weighted by Gasteiger charge is -2.27. The van der Waals surface area contributed by atoms with Gasteiger partial charge in [0.2, 0.25) is 11.9 Å². The van der Waals surface area contributed by atoms with E-state index >= 15 is 0 Å². The highest BCUT2D eigenvalue weighted by Gasteiger charge is 2.28. The van der Waals surface area contributed by atoms with Gasteiger partial charge in [-0.3, -0.25) is 19.8 Å². The van der Waals surface area contributed by atoms with Gasteiger partial charge in [0, 0.05) is 38.3 Å². The lowest BCUT2D eigenvalue weighted by atomic mass is 10.1. The third-order valence-electron chi connectivity index (χ3n) is 7.19. The normalized spacial score (nSPS) is 20.9. The molecule has 2 aliphatic heterocycles. The number of anilines is 1. The number of aromatic nitrogens is 2. The average Bonchev–Trinajstić information content (AvgIpc) is 3.38. The molecular formula is C28H33N5O3. The fourth-order valence-electron chi connectivity index (χ4n) is 5.41. The SMILES string of the molecule is C=CC(=O)N1CCCCC(n2c(NC(=O)c3ccccc3)nc3cccc(CN4CCC(O)C4)c32)C1. The maximum Gasteiger partial charge on any atom is 0.257 e. The van der Waals surface area contributed by atoms with Crippen molar-refractivity contribution in [1.29, 1.82) is 0 Å². The Morgan fingerprint density at radius 1 is 1.06 bits per heavy atom. The van der Waals surface area contributed by atoms with Crippen molar-refractivity contribution in [2.24, 2.45) is 0 Å². The number of aliphatic hydroxyl groups excluding tert-OH is 1. The van der Waals surface area contributed by atoms with Crippen LogP contribution in [0.25, 0.3) is 11.0 Å². The van der Waals surface area contributed by atoms with Gasteiger partial charge in [-0.05, 0) is 55.5 Å². The summed E-state index contributed by atoms with van der Waals surface area (Å²) in [6.45, 7) is 7.08. The summed E-state index contributed by atoms with van der Waals surface area (Å²) >= 11 is 0. The number of fused-ring (bicyclic) bond motifs is 1. The first-order chi connectivity index (χ1) is 17.5. The number of amides is 2. The largest absolute Gasteiger partial charge is 0.392 e. The first-order valence-corrected chi connectivity index (χ1v) is 12.7. The molecule has 188 valence electrons. The maximum atomic E-state index is 13.1. The van der Waals surface area contributed by atoms with Gasteiger partial charge in [0.05, 0.1) is 23.2 Å². The van der Waals surface area contributed by atoms with Crippen molar-refractivity contribution in [3.8, 4) is 0 Å². The van der Waals surface area contributed by atoms with Crippen LogP contribution in [0.4, 0.5) is 5.95 Å². The topological polar surface area (TPSA) is 90.7 Å². The number of carbonyl (C=O) groups excluding carboxylic acids is 2. The van der Waals surface area contributed by atoms with Crippen molar-refractivity contribution in [2.45, 2.75) is 44.4 Å². The van der Waals surface area contributed by atoms with Crippen LogP contribution in [0.1, 0.15) is 47.6 Å². The van der Waals surface area contributed by atoms with Gasteiger partial charge in [0.1, 0.15) is 0 Å². The molecule has 2 aromatic carbocycles. The van der Waals surface area contributed by atoms with E-state index in [1.807, 2.05) is 35.2 Å². The Balaban J connectivity index is 1.57. The van der Waals surface area contributed by atoms with Crippen LogP contribution in [-0.4, -0.2) is 68.6 Å². The summed E-state index contributed by atoms with van der Waals surface area (Å²) in [5.41, 5.74) is 3.44. The van der Waals surface area contributed by atoms with Crippen molar-refractivity contribution in [2.75, 3.05) is 31.5 Å². The van der Waals surface area contributed by atoms with Crippen molar-refractivity contribution in [3.63, 3.8) is 0 Å². The number of aliphatic hydroxyl groups is 1. The van der Waals surface area contributed by atoms with E-state index in [2.05, 4.69) is 27.4 Å². The van der Waals surface area contributed by atoms with E-state index in [4.69, 9.17) is 4.98 Å². The van der Waals surface area contributed by atoms with Crippen LogP contribution in [-0.2, 0) is 11.3 Å². The smallest absolute Gasteiger partial charge is 0.257 e. The van der Waals surface area contributed by atoms with Crippen LogP contribution in [0.5, 0.6) is 0 Å². The van der Waals surface area contributed by atoms with E-state index in [-0.39, 0.29) is 24.0 Å². The number of rotatable bonds is 6. The van der Waals surface area contributed by atoms with Crippen LogP contribution < -0.4 is 5.32 Å². The molecule has 0 bridgehead atoms. The van der Waals surface area contributed by atoms with E-state index < -0.39 is 0 Å². The second-order valence-electron chi connectivity index (χ2n) is 9.73. The number of carbonyl (C=O) groups is 2. The second-order valence-corrected chi connectivity index (χ2v) is 9.73. The summed E-state index contributed by atoms with van der Waals surface area (Å²) in [6.07, 6.45) is 4.61. The highest BCUT2D eigenvalue weighted by molar-refractivity contribution is 6.04. The highest BCUT2D eigenvalue weighted by atomic mass is 16.3. The summed E-state index contributed by atoms with van der Waals surface area (Å²) in [5.74, 6) is 0.196. The summed E-state index contributed by atoms with van der Waals surface area (Å²) in [5, 5.41) is 13.1. The Labute approximate surface area is 211 Å². The zero-order valence-electron chi connectivity index (χ0n) is 20.5. The zero-order valence-corrected chi connectivity index (χ0v) is 20.5. The minimum atomic E-state index is -0.296. The number of nitrogens with one attached hydrogen (secondary N) is 1. The van der Waals surface area contributed by atoms with Gasteiger partial charge < -0.3 is 14.6 Å². The molecule has 3 heterocycles. The van der Waals surface area contributed by atoms with Gasteiger partial charge in [-0.15, -0.1) is 0 Å². The van der Waals surface area contributed by atoms with Crippen molar-refractivity contribution < 1.29 is 14.7 Å². The monoisotopic (exact) mass is 487 g/mol. The summed E-state index contributed by atoms with van der Waals surface area (Å²) in [6, 6.07) is 15.1. The molecule has 36 heavy (non-hydrogen) atoms. The number of likely N-dealkylation sites (tertiary alicyclic amines) is 2. The van der Waals surface area contributed by atoms with Crippen LogP contribution >= 0.6 is 0 Å². The van der Waals surface area contributed by atoms with Crippen LogP contribution in [0.3, 0.4) is 0 Å². The molecule has 2 N–H and O–H groups in total. The quantitative estimate of drug-likeness (QED) is 0.519. The van der Waals surface area contributed by atoms with Gasteiger partial charge >= 0.3 is 0 Å². The number of nitrogens with zero attached hydrogens (tertiary/aromatic N) is 4. The number of β-amino-alcohol motifs (C(OH)–C–C–N with tert-alkyl or cyclic N) is 1. The van der Waals surface area contributed by atoms with Gasteiger partial charge in [-0.25, -0.2) is 4.98 Å². The Kier molecular flexibility index (Phi) is 7.16. The molecular weight excluding hydrogens is 454 g/mol. The van der Waals surface area contributed by atoms with Gasteiger partial charge in [-0.2, -0.15) is 0 Å². The molecule has 2 fully saturated rings.